The van der Waals surface area contributed by atoms with Crippen LogP contribution in [0.15, 0.2) is 36.5 Å². The van der Waals surface area contributed by atoms with Gasteiger partial charge in [0.05, 0.1) is 11.1 Å². The number of hydrogen-bond acceptors (Lipinski definition) is 7. The first-order valence-electron chi connectivity index (χ1n) is 11.3. The smallest absolute Gasteiger partial charge is 0.262 e. The molecule has 1 aromatic heterocycles. The highest BCUT2D eigenvalue weighted by Gasteiger charge is 2.44. The molecule has 3 N–H and O–H groups in total. The average Bonchev–Trinajstić information content (AvgIpc) is 3.08. The van der Waals surface area contributed by atoms with E-state index >= 15 is 0 Å². The van der Waals surface area contributed by atoms with Crippen molar-refractivity contribution in [3.63, 3.8) is 0 Å². The van der Waals surface area contributed by atoms with E-state index in [-0.39, 0.29) is 24.0 Å². The zero-order chi connectivity index (χ0) is 22.9. The highest BCUT2D eigenvalue weighted by molar-refractivity contribution is 6.23. The highest BCUT2D eigenvalue weighted by Crippen LogP contribution is 2.29. The minimum Gasteiger partial charge on any atom is -0.366 e. The molecule has 2 fully saturated rings. The van der Waals surface area contributed by atoms with Crippen LogP contribution in [0.25, 0.3) is 0 Å². The number of anilines is 1. The zero-order valence-electron chi connectivity index (χ0n) is 18.1. The molecule has 0 radical (unpaired) electrons. The highest BCUT2D eigenvalue weighted by atomic mass is 16.2. The molecular weight excluding hydrogens is 422 g/mol. The standard InChI is InChI=1S/C24H25N5O4/c30-21-6-4-19(22(31)28-21)29-23(32)17-3-1-14(11-18(17)24(29)33)12-26-20-5-2-16(13-27-20)15-7-9-25-10-8-15/h1-3,5,11,13,15,19,25H,4,6-10,12H2,(H,26,27)(H,28,30,31). The molecule has 9 heteroatoms. The van der Waals surface area contributed by atoms with Crippen LogP contribution in [0.4, 0.5) is 5.82 Å². The molecule has 4 heterocycles. The number of nitrogens with zero attached hydrogens (tertiary/aromatic N) is 2. The van der Waals surface area contributed by atoms with Crippen molar-refractivity contribution in [2.24, 2.45) is 0 Å². The average molecular weight is 447 g/mol. The Morgan fingerprint density at radius 1 is 0.970 bits per heavy atom. The van der Waals surface area contributed by atoms with Crippen LogP contribution in [0.1, 0.15) is 63.4 Å². The van der Waals surface area contributed by atoms with E-state index in [1.54, 1.807) is 18.2 Å². The van der Waals surface area contributed by atoms with Crippen molar-refractivity contribution in [3.05, 3.63) is 58.8 Å². The first-order valence-corrected chi connectivity index (χ1v) is 11.3. The minimum absolute atomic E-state index is 0.0996. The molecule has 2 saturated heterocycles. The lowest BCUT2D eigenvalue weighted by atomic mass is 9.91. The number of hydrogen-bond donors (Lipinski definition) is 3. The molecule has 0 bridgehead atoms. The van der Waals surface area contributed by atoms with Gasteiger partial charge in [0, 0.05) is 19.2 Å². The van der Waals surface area contributed by atoms with Gasteiger partial charge < -0.3 is 10.6 Å². The molecule has 9 nitrogen and oxygen atoms in total. The maximum absolute atomic E-state index is 13.0. The van der Waals surface area contributed by atoms with Gasteiger partial charge in [0.15, 0.2) is 0 Å². The largest absolute Gasteiger partial charge is 0.366 e. The van der Waals surface area contributed by atoms with Gasteiger partial charge in [0.2, 0.25) is 11.8 Å². The van der Waals surface area contributed by atoms with Crippen molar-refractivity contribution in [2.45, 2.75) is 44.2 Å². The van der Waals surface area contributed by atoms with Crippen LogP contribution in [0, 0.1) is 0 Å². The monoisotopic (exact) mass is 447 g/mol. The van der Waals surface area contributed by atoms with Crippen LogP contribution in [0.5, 0.6) is 0 Å². The number of nitrogens with one attached hydrogen (secondary N) is 3. The fraction of sp³-hybridized carbons (Fsp3) is 0.375. The molecule has 3 aliphatic rings. The van der Waals surface area contributed by atoms with E-state index in [4.69, 9.17) is 0 Å². The summed E-state index contributed by atoms with van der Waals surface area (Å²) < 4.78 is 0. The molecule has 0 spiro atoms. The van der Waals surface area contributed by atoms with E-state index in [0.29, 0.717) is 12.5 Å². The van der Waals surface area contributed by atoms with Crippen molar-refractivity contribution in [2.75, 3.05) is 18.4 Å². The lowest BCUT2D eigenvalue weighted by molar-refractivity contribution is -0.136. The third kappa shape index (κ3) is 4.11. The zero-order valence-corrected chi connectivity index (χ0v) is 18.1. The number of amides is 4. The Morgan fingerprint density at radius 2 is 1.76 bits per heavy atom. The molecule has 1 aromatic carbocycles. The van der Waals surface area contributed by atoms with E-state index in [2.05, 4.69) is 27.0 Å². The Balaban J connectivity index is 1.26. The van der Waals surface area contributed by atoms with Crippen LogP contribution in [-0.4, -0.2) is 52.6 Å². The van der Waals surface area contributed by atoms with Crippen LogP contribution in [0.3, 0.4) is 0 Å². The Labute approximate surface area is 190 Å². The summed E-state index contributed by atoms with van der Waals surface area (Å²) in [6, 6.07) is 8.19. The van der Waals surface area contributed by atoms with Crippen molar-refractivity contribution in [3.8, 4) is 0 Å². The second kappa shape index (κ2) is 8.74. The predicted octanol–water partition coefficient (Wildman–Crippen LogP) is 1.56. The Bertz CT molecular complexity index is 1120. The van der Waals surface area contributed by atoms with E-state index in [1.807, 2.05) is 12.3 Å². The van der Waals surface area contributed by atoms with Crippen molar-refractivity contribution < 1.29 is 19.2 Å². The van der Waals surface area contributed by atoms with Crippen molar-refractivity contribution >= 4 is 29.4 Å². The van der Waals surface area contributed by atoms with Crippen molar-refractivity contribution in [1.29, 1.82) is 0 Å². The second-order valence-electron chi connectivity index (χ2n) is 8.68. The van der Waals surface area contributed by atoms with Gasteiger partial charge in [0.1, 0.15) is 11.9 Å². The van der Waals surface area contributed by atoms with Crippen LogP contribution in [0.2, 0.25) is 0 Å². The number of aromatic nitrogens is 1. The molecule has 3 aliphatic heterocycles. The number of piperidine rings is 2. The summed E-state index contributed by atoms with van der Waals surface area (Å²) >= 11 is 0. The minimum atomic E-state index is -0.959. The van der Waals surface area contributed by atoms with E-state index in [9.17, 15) is 19.2 Å². The first kappa shape index (κ1) is 21.3. The number of pyridine rings is 1. The van der Waals surface area contributed by atoms with Crippen LogP contribution >= 0.6 is 0 Å². The summed E-state index contributed by atoms with van der Waals surface area (Å²) in [7, 11) is 0. The SMILES string of the molecule is O=C1CCC(N2C(=O)c3ccc(CNc4ccc(C5CCNCC5)cn4)cc3C2=O)C(=O)N1. The summed E-state index contributed by atoms with van der Waals surface area (Å²) in [4.78, 5) is 54.8. The molecule has 5 rings (SSSR count). The van der Waals surface area contributed by atoms with Crippen molar-refractivity contribution in [1.82, 2.24) is 20.5 Å². The molecule has 0 saturated carbocycles. The fourth-order valence-electron chi connectivity index (χ4n) is 4.73. The third-order valence-electron chi connectivity index (χ3n) is 6.57. The predicted molar refractivity (Wildman–Crippen MR) is 120 cm³/mol. The fourth-order valence-corrected chi connectivity index (χ4v) is 4.73. The number of benzene rings is 1. The van der Waals surface area contributed by atoms with Gasteiger partial charge in [-0.05, 0) is 67.6 Å². The molecule has 2 aromatic rings. The molecule has 0 aliphatic carbocycles. The molecule has 4 amide bonds. The Kier molecular flexibility index (Phi) is 5.63. The summed E-state index contributed by atoms with van der Waals surface area (Å²) in [6.45, 7) is 2.50. The summed E-state index contributed by atoms with van der Waals surface area (Å²) in [5.41, 5.74) is 2.62. The van der Waals surface area contributed by atoms with Gasteiger partial charge in [-0.3, -0.25) is 29.4 Å². The van der Waals surface area contributed by atoms with Gasteiger partial charge in [-0.1, -0.05) is 12.1 Å². The molecule has 33 heavy (non-hydrogen) atoms. The van der Waals surface area contributed by atoms with E-state index in [0.717, 1.165) is 42.2 Å². The number of imide groups is 2. The number of carbonyl (C=O) groups excluding carboxylic acids is 4. The van der Waals surface area contributed by atoms with Gasteiger partial charge >= 0.3 is 0 Å². The van der Waals surface area contributed by atoms with Gasteiger partial charge in [-0.25, -0.2) is 4.98 Å². The second-order valence-corrected chi connectivity index (χ2v) is 8.68. The quantitative estimate of drug-likeness (QED) is 0.595. The Hall–Kier alpha value is -3.59. The summed E-state index contributed by atoms with van der Waals surface area (Å²) in [5, 5.41) is 8.83. The number of fused-ring (bicyclic) bond motifs is 1. The first-order chi connectivity index (χ1) is 16.0. The molecule has 1 unspecified atom stereocenters. The van der Waals surface area contributed by atoms with Gasteiger partial charge in [0.25, 0.3) is 11.8 Å². The van der Waals surface area contributed by atoms with E-state index in [1.165, 1.54) is 5.56 Å². The third-order valence-corrected chi connectivity index (χ3v) is 6.57. The normalized spacial score (nSPS) is 21.2. The Morgan fingerprint density at radius 3 is 2.48 bits per heavy atom. The lowest BCUT2D eigenvalue weighted by Crippen LogP contribution is -2.54. The maximum atomic E-state index is 13.0. The van der Waals surface area contributed by atoms with E-state index < -0.39 is 29.7 Å². The van der Waals surface area contributed by atoms with Crippen LogP contribution < -0.4 is 16.0 Å². The number of rotatable bonds is 5. The maximum Gasteiger partial charge on any atom is 0.262 e. The van der Waals surface area contributed by atoms with Gasteiger partial charge in [-0.15, -0.1) is 0 Å². The summed E-state index contributed by atoms with van der Waals surface area (Å²) in [5.74, 6) is -0.726. The van der Waals surface area contributed by atoms with Crippen LogP contribution in [-0.2, 0) is 16.1 Å². The number of carbonyl (C=O) groups is 4. The lowest BCUT2D eigenvalue weighted by Gasteiger charge is -2.27. The molecular formula is C24H25N5O4. The topological polar surface area (TPSA) is 120 Å². The molecule has 170 valence electrons. The molecule has 1 atom stereocenters. The summed E-state index contributed by atoms with van der Waals surface area (Å²) in [6.07, 6.45) is 4.39. The van der Waals surface area contributed by atoms with Gasteiger partial charge in [-0.2, -0.15) is 0 Å².